The van der Waals surface area contributed by atoms with Gasteiger partial charge in [0, 0.05) is 19.4 Å². The molecule has 5 nitrogen and oxygen atoms in total. The number of rotatable bonds is 4. The summed E-state index contributed by atoms with van der Waals surface area (Å²) < 4.78 is 27.0. The minimum absolute atomic E-state index is 0.0320. The topological polar surface area (TPSA) is 59.8 Å². The normalized spacial score (nSPS) is 14.4. The summed E-state index contributed by atoms with van der Waals surface area (Å²) in [6.07, 6.45) is 2.31. The van der Waals surface area contributed by atoms with Gasteiger partial charge >= 0.3 is 0 Å². The van der Waals surface area contributed by atoms with Crippen molar-refractivity contribution in [1.82, 2.24) is 14.8 Å². The number of nitrogens with one attached hydrogen (secondary N) is 1. The van der Waals surface area contributed by atoms with Crippen LogP contribution in [0.2, 0.25) is 5.15 Å². The first kappa shape index (κ1) is 14.9. The summed E-state index contributed by atoms with van der Waals surface area (Å²) in [5, 5.41) is 6.11. The molecule has 0 radical (unpaired) electrons. The fourth-order valence-electron chi connectivity index (χ4n) is 2.22. The molecule has 1 fully saturated rings. The van der Waals surface area contributed by atoms with Crippen LogP contribution in [0.1, 0.15) is 46.8 Å². The van der Waals surface area contributed by atoms with Crippen LogP contribution in [0.15, 0.2) is 18.5 Å². The van der Waals surface area contributed by atoms with Gasteiger partial charge in [0.05, 0.1) is 11.3 Å². The van der Waals surface area contributed by atoms with E-state index in [2.05, 4.69) is 15.4 Å². The summed E-state index contributed by atoms with van der Waals surface area (Å²) in [5.41, 5.74) is 0.610. The van der Waals surface area contributed by atoms with Gasteiger partial charge in [0.2, 0.25) is 0 Å². The molecule has 2 aromatic rings. The van der Waals surface area contributed by atoms with Crippen molar-refractivity contribution in [2.75, 3.05) is 5.32 Å². The number of halogens is 3. The third-order valence-electron chi connectivity index (χ3n) is 3.47. The Morgan fingerprint density at radius 2 is 2.23 bits per heavy atom. The molecule has 22 heavy (non-hydrogen) atoms. The number of anilines is 1. The Labute approximate surface area is 130 Å². The molecular weight excluding hydrogens is 314 g/mol. The van der Waals surface area contributed by atoms with Crippen LogP contribution in [0.3, 0.4) is 0 Å². The lowest BCUT2D eigenvalue weighted by Gasteiger charge is -2.07. The number of hydrogen-bond acceptors (Lipinski definition) is 3. The number of aromatic nitrogens is 3. The first-order valence-electron chi connectivity index (χ1n) is 6.74. The van der Waals surface area contributed by atoms with Crippen LogP contribution in [0, 0.1) is 0 Å². The third-order valence-corrected chi connectivity index (χ3v) is 3.77. The Bertz CT molecular complexity index is 728. The SMILES string of the molecule is Cn1cc(NC(=O)c2cc(C3CC3)cnc2Cl)c(C(F)F)n1. The predicted octanol–water partition coefficient (Wildman–Crippen LogP) is 3.54. The molecule has 0 spiro atoms. The van der Waals surface area contributed by atoms with Gasteiger partial charge in [0.1, 0.15) is 5.15 Å². The van der Waals surface area contributed by atoms with Crippen LogP contribution in [-0.2, 0) is 7.05 Å². The van der Waals surface area contributed by atoms with Gasteiger partial charge in [0.15, 0.2) is 5.69 Å². The maximum Gasteiger partial charge on any atom is 0.284 e. The van der Waals surface area contributed by atoms with E-state index < -0.39 is 18.0 Å². The molecule has 1 aliphatic carbocycles. The molecule has 0 saturated heterocycles. The average Bonchev–Trinajstić information content (AvgIpc) is 3.23. The molecule has 2 aromatic heterocycles. The average molecular weight is 327 g/mol. The minimum atomic E-state index is -2.78. The molecule has 1 N–H and O–H groups in total. The van der Waals surface area contributed by atoms with Crippen molar-refractivity contribution in [1.29, 1.82) is 0 Å². The summed E-state index contributed by atoms with van der Waals surface area (Å²) in [5.74, 6) is -0.166. The Kier molecular flexibility index (Phi) is 3.82. The maximum absolute atomic E-state index is 12.9. The Morgan fingerprint density at radius 3 is 2.86 bits per heavy atom. The lowest BCUT2D eigenvalue weighted by Crippen LogP contribution is -2.14. The molecule has 8 heteroatoms. The van der Waals surface area contributed by atoms with E-state index in [1.807, 2.05) is 0 Å². The molecule has 2 heterocycles. The number of carbonyl (C=O) groups is 1. The van der Waals surface area contributed by atoms with Gasteiger partial charge in [-0.05, 0) is 30.4 Å². The van der Waals surface area contributed by atoms with E-state index in [-0.39, 0.29) is 16.4 Å². The van der Waals surface area contributed by atoms with Gasteiger partial charge in [0.25, 0.3) is 12.3 Å². The number of pyridine rings is 1. The van der Waals surface area contributed by atoms with Crippen LogP contribution < -0.4 is 5.32 Å². The fraction of sp³-hybridized carbons (Fsp3) is 0.357. The van der Waals surface area contributed by atoms with Crippen molar-refractivity contribution in [2.24, 2.45) is 7.05 Å². The maximum atomic E-state index is 12.9. The highest BCUT2D eigenvalue weighted by Crippen LogP contribution is 2.40. The van der Waals surface area contributed by atoms with E-state index in [0.29, 0.717) is 5.92 Å². The van der Waals surface area contributed by atoms with Gasteiger partial charge in [-0.15, -0.1) is 0 Å². The molecule has 116 valence electrons. The zero-order chi connectivity index (χ0) is 15.9. The summed E-state index contributed by atoms with van der Waals surface area (Å²) >= 11 is 5.95. The van der Waals surface area contributed by atoms with Gasteiger partial charge in [-0.2, -0.15) is 5.10 Å². The van der Waals surface area contributed by atoms with E-state index in [1.54, 1.807) is 12.3 Å². The molecule has 0 aliphatic heterocycles. The summed E-state index contributed by atoms with van der Waals surface area (Å²) in [6.45, 7) is 0. The molecule has 3 rings (SSSR count). The van der Waals surface area contributed by atoms with E-state index in [4.69, 9.17) is 11.6 Å². The van der Waals surface area contributed by atoms with Crippen LogP contribution in [0.25, 0.3) is 0 Å². The molecule has 0 atom stereocenters. The van der Waals surface area contributed by atoms with Crippen LogP contribution in [-0.4, -0.2) is 20.7 Å². The van der Waals surface area contributed by atoms with Crippen molar-refractivity contribution in [3.63, 3.8) is 0 Å². The van der Waals surface area contributed by atoms with Gasteiger partial charge in [-0.1, -0.05) is 11.6 Å². The number of alkyl halides is 2. The smallest absolute Gasteiger partial charge is 0.284 e. The minimum Gasteiger partial charge on any atom is -0.319 e. The second kappa shape index (κ2) is 5.64. The van der Waals surface area contributed by atoms with Gasteiger partial charge in [-0.3, -0.25) is 9.48 Å². The molecule has 1 amide bonds. The molecule has 0 aromatic carbocycles. The standard InChI is InChI=1S/C14H13ClF2N4O/c1-21-6-10(11(20-21)13(16)17)19-14(22)9-4-8(7-2-3-7)5-18-12(9)15/h4-7,13H,2-3H2,1H3,(H,19,22). The third kappa shape index (κ3) is 2.94. The lowest BCUT2D eigenvalue weighted by atomic mass is 10.1. The quantitative estimate of drug-likeness (QED) is 0.874. The summed E-state index contributed by atoms with van der Waals surface area (Å²) in [4.78, 5) is 16.3. The first-order chi connectivity index (χ1) is 10.5. The summed E-state index contributed by atoms with van der Waals surface area (Å²) in [7, 11) is 1.50. The summed E-state index contributed by atoms with van der Waals surface area (Å²) in [6, 6.07) is 1.67. The highest BCUT2D eigenvalue weighted by Gasteiger charge is 2.26. The van der Waals surface area contributed by atoms with Gasteiger partial charge in [-0.25, -0.2) is 13.8 Å². The fourth-order valence-corrected chi connectivity index (χ4v) is 2.41. The van der Waals surface area contributed by atoms with E-state index in [0.717, 1.165) is 18.4 Å². The van der Waals surface area contributed by atoms with Crippen LogP contribution >= 0.6 is 11.6 Å². The van der Waals surface area contributed by atoms with E-state index in [1.165, 1.54) is 17.9 Å². The van der Waals surface area contributed by atoms with E-state index in [9.17, 15) is 13.6 Å². The monoisotopic (exact) mass is 326 g/mol. The number of nitrogens with zero attached hydrogens (tertiary/aromatic N) is 3. The number of amides is 1. The second-order valence-corrected chi connectivity index (χ2v) is 5.60. The number of aryl methyl sites for hydroxylation is 1. The van der Waals surface area contributed by atoms with E-state index >= 15 is 0 Å². The largest absolute Gasteiger partial charge is 0.319 e. The predicted molar refractivity (Wildman–Crippen MR) is 77.3 cm³/mol. The van der Waals surface area contributed by atoms with Crippen molar-refractivity contribution >= 4 is 23.2 Å². The molecule has 0 bridgehead atoms. The highest BCUT2D eigenvalue weighted by atomic mass is 35.5. The molecule has 1 aliphatic rings. The molecular formula is C14H13ClF2N4O. The van der Waals surface area contributed by atoms with Gasteiger partial charge < -0.3 is 5.32 Å². The first-order valence-corrected chi connectivity index (χ1v) is 7.12. The number of hydrogen-bond donors (Lipinski definition) is 1. The van der Waals surface area contributed by atoms with Crippen molar-refractivity contribution in [2.45, 2.75) is 25.2 Å². The molecule has 1 saturated carbocycles. The van der Waals surface area contributed by atoms with Crippen molar-refractivity contribution < 1.29 is 13.6 Å². The zero-order valence-electron chi connectivity index (χ0n) is 11.7. The molecule has 0 unspecified atom stereocenters. The number of carbonyl (C=O) groups excluding carboxylic acids is 1. The lowest BCUT2D eigenvalue weighted by molar-refractivity contribution is 0.102. The van der Waals surface area contributed by atoms with Crippen LogP contribution in [0.4, 0.5) is 14.5 Å². The zero-order valence-corrected chi connectivity index (χ0v) is 12.4. The Morgan fingerprint density at radius 1 is 1.50 bits per heavy atom. The van der Waals surface area contributed by atoms with Crippen molar-refractivity contribution in [3.05, 3.63) is 40.4 Å². The Hall–Kier alpha value is -2.02. The Balaban J connectivity index is 1.87. The second-order valence-electron chi connectivity index (χ2n) is 5.24. The van der Waals surface area contributed by atoms with Crippen molar-refractivity contribution in [3.8, 4) is 0 Å². The highest BCUT2D eigenvalue weighted by molar-refractivity contribution is 6.33. The van der Waals surface area contributed by atoms with Crippen LogP contribution in [0.5, 0.6) is 0 Å².